The van der Waals surface area contributed by atoms with Gasteiger partial charge in [0.2, 0.25) is 0 Å². The highest BCUT2D eigenvalue weighted by atomic mass is 16.7. The molecule has 0 radical (unpaired) electrons. The van der Waals surface area contributed by atoms with Crippen LogP contribution in [-0.4, -0.2) is 31.1 Å². The van der Waals surface area contributed by atoms with Crippen LogP contribution < -0.4 is 0 Å². The molecule has 4 nitrogen and oxygen atoms in total. The molecular weight excluding hydrogens is 232 g/mol. The summed E-state index contributed by atoms with van der Waals surface area (Å²) in [5.74, 6) is -0.320. The molecule has 0 aromatic heterocycles. The van der Waals surface area contributed by atoms with Gasteiger partial charge in [-0.2, -0.15) is 0 Å². The van der Waals surface area contributed by atoms with Gasteiger partial charge in [-0.25, -0.2) is 4.79 Å². The minimum atomic E-state index is -0.561. The monoisotopic (exact) mass is 258 g/mol. The first-order chi connectivity index (χ1) is 8.34. The van der Waals surface area contributed by atoms with Crippen molar-refractivity contribution in [2.45, 2.75) is 72.4 Å². The zero-order valence-corrected chi connectivity index (χ0v) is 12.2. The molecule has 1 aliphatic rings. The Hall–Kier alpha value is -0.610. The lowest BCUT2D eigenvalue weighted by atomic mass is 9.85. The molecular formula is C14H26O4. The lowest BCUT2D eigenvalue weighted by Gasteiger charge is -2.38. The van der Waals surface area contributed by atoms with Crippen LogP contribution in [0, 0.1) is 5.41 Å². The van der Waals surface area contributed by atoms with Gasteiger partial charge in [-0.15, -0.1) is 0 Å². The summed E-state index contributed by atoms with van der Waals surface area (Å²) >= 11 is 0. The van der Waals surface area contributed by atoms with Crippen molar-refractivity contribution in [3.8, 4) is 0 Å². The first kappa shape index (κ1) is 15.4. The van der Waals surface area contributed by atoms with Crippen molar-refractivity contribution in [1.29, 1.82) is 0 Å². The fourth-order valence-electron chi connectivity index (χ4n) is 2.07. The Morgan fingerprint density at radius 2 is 2.06 bits per heavy atom. The number of rotatable bonds is 4. The van der Waals surface area contributed by atoms with Crippen LogP contribution in [0.4, 0.5) is 0 Å². The van der Waals surface area contributed by atoms with Crippen LogP contribution in [0.1, 0.15) is 53.9 Å². The van der Waals surface area contributed by atoms with Gasteiger partial charge in [0.25, 0.3) is 0 Å². The van der Waals surface area contributed by atoms with E-state index in [1.165, 1.54) is 0 Å². The largest absolute Gasteiger partial charge is 0.464 e. The molecule has 4 heteroatoms. The number of ether oxygens (including phenoxy) is 3. The van der Waals surface area contributed by atoms with E-state index in [1.54, 1.807) is 13.8 Å². The van der Waals surface area contributed by atoms with Crippen molar-refractivity contribution in [3.05, 3.63) is 0 Å². The molecule has 0 spiro atoms. The molecule has 1 rings (SSSR count). The van der Waals surface area contributed by atoms with Gasteiger partial charge < -0.3 is 14.2 Å². The molecule has 0 bridgehead atoms. The standard InChI is InChI=1S/C14H26O4/c1-6-16-13(15)10(2)17-12-9-7-8-11(18-12)14(3,4)5/h10-12H,6-9H2,1-5H3/t10?,11-,12-/m0/s1. The van der Waals surface area contributed by atoms with Crippen LogP contribution in [0.25, 0.3) is 0 Å². The van der Waals surface area contributed by atoms with Gasteiger partial charge >= 0.3 is 5.97 Å². The summed E-state index contributed by atoms with van der Waals surface area (Å²) in [7, 11) is 0. The quantitative estimate of drug-likeness (QED) is 0.727. The molecule has 1 aliphatic heterocycles. The van der Waals surface area contributed by atoms with Crippen molar-refractivity contribution in [1.82, 2.24) is 0 Å². The minimum Gasteiger partial charge on any atom is -0.464 e. The zero-order chi connectivity index (χ0) is 13.8. The summed E-state index contributed by atoms with van der Waals surface area (Å²) in [6.45, 7) is 10.4. The first-order valence-electron chi connectivity index (χ1n) is 6.82. The molecule has 1 unspecified atom stereocenters. The van der Waals surface area contributed by atoms with Crippen molar-refractivity contribution < 1.29 is 19.0 Å². The highest BCUT2D eigenvalue weighted by molar-refractivity contribution is 5.74. The van der Waals surface area contributed by atoms with E-state index >= 15 is 0 Å². The summed E-state index contributed by atoms with van der Waals surface area (Å²) in [5, 5.41) is 0. The van der Waals surface area contributed by atoms with Crippen LogP contribution in [-0.2, 0) is 19.0 Å². The number of carbonyl (C=O) groups is 1. The van der Waals surface area contributed by atoms with E-state index in [4.69, 9.17) is 14.2 Å². The fourth-order valence-corrected chi connectivity index (χ4v) is 2.07. The maximum atomic E-state index is 11.5. The van der Waals surface area contributed by atoms with E-state index in [1.807, 2.05) is 0 Å². The molecule has 0 aliphatic carbocycles. The Labute approximate surface area is 110 Å². The lowest BCUT2D eigenvalue weighted by Crippen LogP contribution is -2.40. The maximum Gasteiger partial charge on any atom is 0.335 e. The van der Waals surface area contributed by atoms with E-state index < -0.39 is 6.10 Å². The normalized spacial score (nSPS) is 26.7. The Morgan fingerprint density at radius 3 is 2.61 bits per heavy atom. The molecule has 1 saturated heterocycles. The minimum absolute atomic E-state index is 0.106. The Balaban J connectivity index is 2.45. The van der Waals surface area contributed by atoms with Gasteiger partial charge in [-0.05, 0) is 38.5 Å². The molecule has 0 amide bonds. The van der Waals surface area contributed by atoms with E-state index in [-0.39, 0.29) is 23.8 Å². The molecule has 0 saturated carbocycles. The second-order valence-electron chi connectivity index (χ2n) is 5.88. The number of carbonyl (C=O) groups excluding carboxylic acids is 1. The fraction of sp³-hybridized carbons (Fsp3) is 0.929. The van der Waals surface area contributed by atoms with Crippen molar-refractivity contribution in [2.75, 3.05) is 6.61 Å². The molecule has 106 valence electrons. The summed E-state index contributed by atoms with van der Waals surface area (Å²) in [4.78, 5) is 11.5. The zero-order valence-electron chi connectivity index (χ0n) is 12.2. The van der Waals surface area contributed by atoms with Crippen LogP contribution in [0.5, 0.6) is 0 Å². The molecule has 0 aromatic carbocycles. The topological polar surface area (TPSA) is 44.8 Å². The molecule has 0 N–H and O–H groups in total. The van der Waals surface area contributed by atoms with Gasteiger partial charge in [0.1, 0.15) is 0 Å². The summed E-state index contributed by atoms with van der Waals surface area (Å²) < 4.78 is 16.5. The van der Waals surface area contributed by atoms with E-state index in [2.05, 4.69) is 20.8 Å². The predicted molar refractivity (Wildman–Crippen MR) is 69.1 cm³/mol. The van der Waals surface area contributed by atoms with Gasteiger partial charge in [0, 0.05) is 0 Å². The Morgan fingerprint density at radius 1 is 1.39 bits per heavy atom. The smallest absolute Gasteiger partial charge is 0.335 e. The number of hydrogen-bond donors (Lipinski definition) is 0. The highest BCUT2D eigenvalue weighted by Crippen LogP contribution is 2.32. The molecule has 18 heavy (non-hydrogen) atoms. The van der Waals surface area contributed by atoms with E-state index in [9.17, 15) is 4.79 Å². The summed E-state index contributed by atoms with van der Waals surface area (Å²) in [6, 6.07) is 0. The highest BCUT2D eigenvalue weighted by Gasteiger charge is 2.33. The molecule has 1 fully saturated rings. The second kappa shape index (κ2) is 6.53. The van der Waals surface area contributed by atoms with Gasteiger partial charge in [-0.3, -0.25) is 0 Å². The second-order valence-corrected chi connectivity index (χ2v) is 5.88. The lowest BCUT2D eigenvalue weighted by molar-refractivity contribution is -0.234. The van der Waals surface area contributed by atoms with Crippen molar-refractivity contribution >= 4 is 5.97 Å². The van der Waals surface area contributed by atoms with Gasteiger partial charge in [0.15, 0.2) is 12.4 Å². The number of hydrogen-bond acceptors (Lipinski definition) is 4. The average Bonchev–Trinajstić information content (AvgIpc) is 2.28. The third-order valence-corrected chi connectivity index (χ3v) is 3.16. The summed E-state index contributed by atoms with van der Waals surface area (Å²) in [5.41, 5.74) is 0.106. The van der Waals surface area contributed by atoms with E-state index in [0.29, 0.717) is 6.61 Å². The third-order valence-electron chi connectivity index (χ3n) is 3.16. The van der Waals surface area contributed by atoms with E-state index in [0.717, 1.165) is 19.3 Å². The SMILES string of the molecule is CCOC(=O)C(C)O[C@@H]1CCC[C@@H](C(C)(C)C)O1. The first-order valence-corrected chi connectivity index (χ1v) is 6.82. The number of esters is 1. The average molecular weight is 258 g/mol. The van der Waals surface area contributed by atoms with Crippen molar-refractivity contribution in [3.63, 3.8) is 0 Å². The van der Waals surface area contributed by atoms with Crippen LogP contribution in [0.15, 0.2) is 0 Å². The Bertz CT molecular complexity index is 269. The van der Waals surface area contributed by atoms with Gasteiger partial charge in [0.05, 0.1) is 12.7 Å². The van der Waals surface area contributed by atoms with Crippen LogP contribution >= 0.6 is 0 Å². The van der Waals surface area contributed by atoms with Crippen LogP contribution in [0.2, 0.25) is 0 Å². The Kier molecular flexibility index (Phi) is 5.60. The summed E-state index contributed by atoms with van der Waals surface area (Å²) in [6.07, 6.45) is 2.30. The molecule has 0 aromatic rings. The predicted octanol–water partition coefficient (Wildman–Crippen LogP) is 2.90. The van der Waals surface area contributed by atoms with Crippen molar-refractivity contribution in [2.24, 2.45) is 5.41 Å². The van der Waals surface area contributed by atoms with Crippen LogP contribution in [0.3, 0.4) is 0 Å². The maximum absolute atomic E-state index is 11.5. The molecule has 1 heterocycles. The van der Waals surface area contributed by atoms with Gasteiger partial charge in [-0.1, -0.05) is 20.8 Å². The third kappa shape index (κ3) is 4.58. The molecule has 3 atom stereocenters.